The number of hydrogen-bond acceptors (Lipinski definition) is 6. The SMILES string of the molecule is COc1ccc(N2C(=O)C(=Cc3ccc(O)c(F)c3)OC2=S)cn1.Cl. The van der Waals surface area contributed by atoms with Gasteiger partial charge >= 0.3 is 5.91 Å². The highest BCUT2D eigenvalue weighted by atomic mass is 35.5. The van der Waals surface area contributed by atoms with E-state index in [1.165, 1.54) is 36.4 Å². The molecule has 1 amide bonds. The van der Waals surface area contributed by atoms with Crippen LogP contribution in [-0.2, 0) is 9.53 Å². The number of halogens is 2. The zero-order valence-corrected chi connectivity index (χ0v) is 14.4. The summed E-state index contributed by atoms with van der Waals surface area (Å²) in [5, 5.41) is 9.13. The first-order valence-electron chi connectivity index (χ1n) is 6.76. The summed E-state index contributed by atoms with van der Waals surface area (Å²) in [6.07, 6.45) is 2.77. The van der Waals surface area contributed by atoms with Gasteiger partial charge in [0.15, 0.2) is 17.3 Å². The van der Waals surface area contributed by atoms with E-state index >= 15 is 0 Å². The maximum atomic E-state index is 13.4. The topological polar surface area (TPSA) is 71.9 Å². The molecule has 1 aromatic heterocycles. The Kier molecular flexibility index (Phi) is 5.55. The third-order valence-corrected chi connectivity index (χ3v) is 3.52. The lowest BCUT2D eigenvalue weighted by atomic mass is 10.2. The largest absolute Gasteiger partial charge is 0.505 e. The van der Waals surface area contributed by atoms with Crippen molar-refractivity contribution in [2.24, 2.45) is 0 Å². The second-order valence-electron chi connectivity index (χ2n) is 4.79. The molecule has 9 heteroatoms. The van der Waals surface area contributed by atoms with Crippen LogP contribution in [0.4, 0.5) is 10.1 Å². The van der Waals surface area contributed by atoms with E-state index in [1.807, 2.05) is 0 Å². The van der Waals surface area contributed by atoms with Gasteiger partial charge in [-0.15, -0.1) is 12.4 Å². The molecule has 1 N–H and O–H groups in total. The van der Waals surface area contributed by atoms with Gasteiger partial charge in [0.25, 0.3) is 5.17 Å². The minimum absolute atomic E-state index is 0. The van der Waals surface area contributed by atoms with Crippen molar-refractivity contribution in [2.45, 2.75) is 0 Å². The monoisotopic (exact) mass is 382 g/mol. The number of carbonyl (C=O) groups excluding carboxylic acids is 1. The van der Waals surface area contributed by atoms with Crippen LogP contribution in [0.3, 0.4) is 0 Å². The van der Waals surface area contributed by atoms with Gasteiger partial charge in [-0.25, -0.2) is 14.3 Å². The maximum Gasteiger partial charge on any atom is 0.301 e. The van der Waals surface area contributed by atoms with Crippen molar-refractivity contribution < 1.29 is 23.8 Å². The van der Waals surface area contributed by atoms with Gasteiger partial charge in [-0.05, 0) is 42.1 Å². The Morgan fingerprint density at radius 3 is 2.72 bits per heavy atom. The molecule has 0 bridgehead atoms. The summed E-state index contributed by atoms with van der Waals surface area (Å²) >= 11 is 5.07. The van der Waals surface area contributed by atoms with E-state index in [2.05, 4.69) is 4.98 Å². The lowest BCUT2D eigenvalue weighted by molar-refractivity contribution is -0.114. The van der Waals surface area contributed by atoms with Crippen LogP contribution in [0, 0.1) is 5.82 Å². The molecular weight excluding hydrogens is 371 g/mol. The molecule has 1 saturated heterocycles. The average Bonchev–Trinajstić information content (AvgIpc) is 2.85. The molecule has 1 aliphatic rings. The standard InChI is InChI=1S/C16H11FN2O4S.ClH/c1-22-14-5-3-10(8-18-14)19-15(21)13(23-16(19)24)7-9-2-4-12(20)11(17)6-9;/h2-8,20H,1H3;1H. The lowest BCUT2D eigenvalue weighted by Gasteiger charge is -2.11. The zero-order valence-electron chi connectivity index (χ0n) is 12.8. The number of thiocarbonyl (C=S) groups is 1. The molecule has 130 valence electrons. The number of aromatic hydroxyl groups is 1. The predicted molar refractivity (Wildman–Crippen MR) is 95.2 cm³/mol. The molecule has 3 rings (SSSR count). The molecule has 25 heavy (non-hydrogen) atoms. The van der Waals surface area contributed by atoms with Gasteiger partial charge in [0.1, 0.15) is 0 Å². The number of phenolic OH excluding ortho intramolecular Hbond substituents is 1. The zero-order chi connectivity index (χ0) is 17.3. The third-order valence-electron chi connectivity index (χ3n) is 3.25. The first-order valence-corrected chi connectivity index (χ1v) is 7.17. The second kappa shape index (κ2) is 7.45. The minimum atomic E-state index is -0.798. The number of carbonyl (C=O) groups is 1. The maximum absolute atomic E-state index is 13.4. The normalized spacial score (nSPS) is 15.1. The average molecular weight is 383 g/mol. The first kappa shape index (κ1) is 18.6. The summed E-state index contributed by atoms with van der Waals surface area (Å²) in [5.41, 5.74) is 0.775. The predicted octanol–water partition coefficient (Wildman–Crippen LogP) is 3.05. The van der Waals surface area contributed by atoms with Crippen molar-refractivity contribution in [3.8, 4) is 11.6 Å². The van der Waals surface area contributed by atoms with Crippen LogP contribution >= 0.6 is 24.6 Å². The summed E-state index contributed by atoms with van der Waals surface area (Å²) < 4.78 is 23.6. The number of rotatable bonds is 3. The van der Waals surface area contributed by atoms with Gasteiger partial charge in [-0.2, -0.15) is 0 Å². The van der Waals surface area contributed by atoms with E-state index in [4.69, 9.17) is 21.7 Å². The van der Waals surface area contributed by atoms with Gasteiger partial charge < -0.3 is 14.6 Å². The van der Waals surface area contributed by atoms with Crippen molar-refractivity contribution in [1.29, 1.82) is 0 Å². The fourth-order valence-electron chi connectivity index (χ4n) is 2.08. The fourth-order valence-corrected chi connectivity index (χ4v) is 2.36. The van der Waals surface area contributed by atoms with Crippen LogP contribution in [0.15, 0.2) is 42.3 Å². The third kappa shape index (κ3) is 3.70. The second-order valence-corrected chi connectivity index (χ2v) is 5.14. The van der Waals surface area contributed by atoms with E-state index in [1.54, 1.807) is 12.1 Å². The molecule has 0 radical (unpaired) electrons. The van der Waals surface area contributed by atoms with Crippen LogP contribution in [0.1, 0.15) is 5.56 Å². The van der Waals surface area contributed by atoms with Gasteiger partial charge in [0.05, 0.1) is 19.0 Å². The van der Waals surface area contributed by atoms with E-state index in [0.29, 0.717) is 17.1 Å². The molecule has 1 aliphatic heterocycles. The molecule has 6 nitrogen and oxygen atoms in total. The van der Waals surface area contributed by atoms with Gasteiger partial charge in [0.2, 0.25) is 5.88 Å². The highest BCUT2D eigenvalue weighted by molar-refractivity contribution is 7.80. The van der Waals surface area contributed by atoms with Crippen LogP contribution in [-0.4, -0.2) is 28.3 Å². The first-order chi connectivity index (χ1) is 11.5. The number of pyridine rings is 1. The molecule has 1 fully saturated rings. The van der Waals surface area contributed by atoms with Crippen LogP contribution in [0.5, 0.6) is 11.6 Å². The van der Waals surface area contributed by atoms with E-state index in [9.17, 15) is 14.3 Å². The van der Waals surface area contributed by atoms with Crippen LogP contribution in [0.2, 0.25) is 0 Å². The Labute approximate surface area is 153 Å². The molecule has 0 unspecified atom stereocenters. The van der Waals surface area contributed by atoms with Crippen molar-refractivity contribution >= 4 is 47.5 Å². The highest BCUT2D eigenvalue weighted by Gasteiger charge is 2.35. The molecule has 2 aromatic rings. The molecule has 0 atom stereocenters. The molecule has 0 aliphatic carbocycles. The van der Waals surface area contributed by atoms with Crippen molar-refractivity contribution in [3.05, 3.63) is 53.7 Å². The molecular formula is C16H12ClFN2O4S. The van der Waals surface area contributed by atoms with Gasteiger partial charge in [-0.3, -0.25) is 4.79 Å². The van der Waals surface area contributed by atoms with Crippen LogP contribution < -0.4 is 9.64 Å². The Morgan fingerprint density at radius 1 is 1.36 bits per heavy atom. The molecule has 0 saturated carbocycles. The number of hydrogen-bond donors (Lipinski definition) is 1. The Balaban J connectivity index is 0.00000225. The number of ether oxygens (including phenoxy) is 2. The lowest BCUT2D eigenvalue weighted by Crippen LogP contribution is -2.28. The quantitative estimate of drug-likeness (QED) is 0.650. The highest BCUT2D eigenvalue weighted by Crippen LogP contribution is 2.27. The van der Waals surface area contributed by atoms with Gasteiger partial charge in [-0.1, -0.05) is 6.07 Å². The number of anilines is 1. The molecule has 0 spiro atoms. The van der Waals surface area contributed by atoms with E-state index < -0.39 is 17.5 Å². The van der Waals surface area contributed by atoms with Crippen molar-refractivity contribution in [3.63, 3.8) is 0 Å². The Bertz CT molecular complexity index is 858. The summed E-state index contributed by atoms with van der Waals surface area (Å²) in [7, 11) is 1.48. The van der Waals surface area contributed by atoms with Crippen LogP contribution in [0.25, 0.3) is 6.08 Å². The van der Waals surface area contributed by atoms with E-state index in [-0.39, 0.29) is 23.3 Å². The smallest absolute Gasteiger partial charge is 0.301 e. The number of benzene rings is 1. The number of amides is 1. The summed E-state index contributed by atoms with van der Waals surface area (Å²) in [6.45, 7) is 0. The number of aromatic nitrogens is 1. The fraction of sp³-hybridized carbons (Fsp3) is 0.0625. The summed E-state index contributed by atoms with van der Waals surface area (Å²) in [6, 6.07) is 6.91. The van der Waals surface area contributed by atoms with Crippen molar-refractivity contribution in [2.75, 3.05) is 12.0 Å². The minimum Gasteiger partial charge on any atom is -0.505 e. The number of methoxy groups -OCH3 is 1. The Morgan fingerprint density at radius 2 is 2.12 bits per heavy atom. The summed E-state index contributed by atoms with van der Waals surface area (Å²) in [5.74, 6) is -1.43. The summed E-state index contributed by atoms with van der Waals surface area (Å²) in [4.78, 5) is 17.7. The van der Waals surface area contributed by atoms with Gasteiger partial charge in [0, 0.05) is 6.07 Å². The number of phenols is 1. The Hall–Kier alpha value is -2.71. The number of nitrogens with zero attached hydrogens (tertiary/aromatic N) is 2. The molecule has 1 aromatic carbocycles. The van der Waals surface area contributed by atoms with E-state index in [0.717, 1.165) is 6.07 Å². The van der Waals surface area contributed by atoms with Crippen molar-refractivity contribution in [1.82, 2.24) is 4.98 Å². The molecule has 2 heterocycles.